The SMILES string of the molecule is Cc1ccc2c(c1)C(=O)N1CCCCC1c1cc3nc(N4CC(O)C4)cc(n3n1)N(C)CCNCCO2. The van der Waals surface area contributed by atoms with Crippen molar-refractivity contribution in [2.75, 3.05) is 62.7 Å². The first-order valence-electron chi connectivity index (χ1n) is 13.3. The molecule has 0 aliphatic carbocycles. The molecule has 1 atom stereocenters. The number of aryl methyl sites for hydroxylation is 1. The number of aromatic nitrogens is 3. The highest BCUT2D eigenvalue weighted by Crippen LogP contribution is 2.35. The van der Waals surface area contributed by atoms with Gasteiger partial charge in [0.15, 0.2) is 5.65 Å². The third-order valence-electron chi connectivity index (χ3n) is 7.62. The van der Waals surface area contributed by atoms with E-state index in [2.05, 4.69) is 22.2 Å². The van der Waals surface area contributed by atoms with Crippen LogP contribution in [0.15, 0.2) is 30.3 Å². The molecule has 2 N–H and O–H groups in total. The van der Waals surface area contributed by atoms with Gasteiger partial charge >= 0.3 is 0 Å². The molecule has 3 aliphatic heterocycles. The van der Waals surface area contributed by atoms with Gasteiger partial charge in [-0.3, -0.25) is 4.79 Å². The number of carbonyl (C=O) groups excluding carboxylic acids is 1. The van der Waals surface area contributed by atoms with Crippen LogP contribution in [0.4, 0.5) is 11.6 Å². The number of β-amino-alcohol motifs (C(OH)–C–C–N with tert-alkyl or cyclic N) is 1. The minimum atomic E-state index is -0.311. The van der Waals surface area contributed by atoms with Gasteiger partial charge in [0, 0.05) is 58.4 Å². The van der Waals surface area contributed by atoms with Crippen LogP contribution in [0.3, 0.4) is 0 Å². The van der Waals surface area contributed by atoms with E-state index >= 15 is 0 Å². The van der Waals surface area contributed by atoms with Gasteiger partial charge in [0.05, 0.1) is 23.4 Å². The maximum atomic E-state index is 14.0. The number of anilines is 2. The smallest absolute Gasteiger partial charge is 0.258 e. The monoisotopic (exact) mass is 505 g/mol. The minimum Gasteiger partial charge on any atom is -0.491 e. The Balaban J connectivity index is 1.44. The number of aliphatic hydroxyl groups excluding tert-OH is 1. The van der Waals surface area contributed by atoms with Crippen molar-refractivity contribution in [1.29, 1.82) is 0 Å². The second-order valence-electron chi connectivity index (χ2n) is 10.4. The lowest BCUT2D eigenvalue weighted by molar-refractivity contribution is 0.0601. The van der Waals surface area contributed by atoms with Gasteiger partial charge in [0.25, 0.3) is 5.91 Å². The second-order valence-corrected chi connectivity index (χ2v) is 10.4. The Hall–Kier alpha value is -3.37. The molecule has 6 rings (SSSR count). The summed E-state index contributed by atoms with van der Waals surface area (Å²) in [6.07, 6.45) is 2.56. The molecule has 1 aromatic carbocycles. The Labute approximate surface area is 216 Å². The predicted octanol–water partition coefficient (Wildman–Crippen LogP) is 2.00. The average Bonchev–Trinajstić information content (AvgIpc) is 3.32. The number of amides is 1. The zero-order chi connectivity index (χ0) is 25.5. The van der Waals surface area contributed by atoms with Gasteiger partial charge in [-0.15, -0.1) is 0 Å². The zero-order valence-electron chi connectivity index (χ0n) is 21.6. The number of hydrogen-bond acceptors (Lipinski definition) is 8. The number of nitrogens with one attached hydrogen (secondary N) is 1. The van der Waals surface area contributed by atoms with Gasteiger partial charge < -0.3 is 29.9 Å². The molecule has 2 saturated heterocycles. The molecule has 196 valence electrons. The Bertz CT molecular complexity index is 1300. The van der Waals surface area contributed by atoms with Gasteiger partial charge in [0.1, 0.15) is 24.0 Å². The Morgan fingerprint density at radius 3 is 2.81 bits per heavy atom. The summed E-state index contributed by atoms with van der Waals surface area (Å²) in [6.45, 7) is 6.56. The molecule has 2 aromatic heterocycles. The molecular weight excluding hydrogens is 470 g/mol. The van der Waals surface area contributed by atoms with Crippen LogP contribution in [0, 0.1) is 6.92 Å². The van der Waals surface area contributed by atoms with Crippen molar-refractivity contribution in [2.24, 2.45) is 0 Å². The van der Waals surface area contributed by atoms with E-state index in [1.807, 2.05) is 46.7 Å². The van der Waals surface area contributed by atoms with E-state index in [1.54, 1.807) is 0 Å². The molecule has 0 radical (unpaired) electrons. The summed E-state index contributed by atoms with van der Waals surface area (Å²) in [6, 6.07) is 9.78. The Kier molecular flexibility index (Phi) is 6.37. The van der Waals surface area contributed by atoms with E-state index in [-0.39, 0.29) is 18.1 Å². The summed E-state index contributed by atoms with van der Waals surface area (Å²) in [5.74, 6) is 2.39. The molecule has 1 amide bonds. The van der Waals surface area contributed by atoms with Crippen LogP contribution in [-0.4, -0.2) is 89.5 Å². The molecule has 2 bridgehead atoms. The number of hydrogen-bond donors (Lipinski definition) is 2. The summed E-state index contributed by atoms with van der Waals surface area (Å²) < 4.78 is 7.99. The number of likely N-dealkylation sites (N-methyl/N-ethyl adjacent to an activating group) is 1. The highest BCUT2D eigenvalue weighted by molar-refractivity contribution is 5.97. The van der Waals surface area contributed by atoms with Crippen LogP contribution in [0.25, 0.3) is 5.65 Å². The summed E-state index contributed by atoms with van der Waals surface area (Å²) >= 11 is 0. The molecule has 37 heavy (non-hydrogen) atoms. The number of benzene rings is 1. The van der Waals surface area contributed by atoms with Gasteiger partial charge in [-0.1, -0.05) is 11.6 Å². The third kappa shape index (κ3) is 4.59. The lowest BCUT2D eigenvalue weighted by Crippen LogP contribution is -2.51. The molecule has 5 heterocycles. The maximum absolute atomic E-state index is 14.0. The fourth-order valence-electron chi connectivity index (χ4n) is 5.50. The topological polar surface area (TPSA) is 98.5 Å². The standard InChI is InChI=1S/C27H35N7O3/c1-18-6-7-23-20(13-18)27(36)33-10-4-3-5-22(33)21-14-25-29-24(32-16-19(35)17-32)15-26(34(25)30-21)31(2)11-8-28-9-12-37-23/h6-7,13-15,19,22,28,35H,3-5,8-12,16-17H2,1-2H3. The molecule has 2 fully saturated rings. The van der Waals surface area contributed by atoms with E-state index in [9.17, 15) is 9.90 Å². The number of rotatable bonds is 1. The van der Waals surface area contributed by atoms with Crippen molar-refractivity contribution in [2.45, 2.75) is 38.3 Å². The molecule has 3 aromatic rings. The van der Waals surface area contributed by atoms with Crippen LogP contribution in [0.2, 0.25) is 0 Å². The summed E-state index contributed by atoms with van der Waals surface area (Å²) in [7, 11) is 2.06. The Morgan fingerprint density at radius 2 is 1.97 bits per heavy atom. The number of fused-ring (bicyclic) bond motifs is 4. The van der Waals surface area contributed by atoms with E-state index in [1.165, 1.54) is 0 Å². The van der Waals surface area contributed by atoms with Gasteiger partial charge in [-0.05, 0) is 38.3 Å². The van der Waals surface area contributed by atoms with Crippen molar-refractivity contribution in [3.8, 4) is 5.75 Å². The van der Waals surface area contributed by atoms with Crippen LogP contribution in [0.1, 0.15) is 46.9 Å². The van der Waals surface area contributed by atoms with Crippen LogP contribution < -0.4 is 19.9 Å². The van der Waals surface area contributed by atoms with Crippen molar-refractivity contribution < 1.29 is 14.6 Å². The summed E-state index contributed by atoms with van der Waals surface area (Å²) in [5, 5.41) is 18.3. The first-order valence-corrected chi connectivity index (χ1v) is 13.3. The predicted molar refractivity (Wildman–Crippen MR) is 142 cm³/mol. The molecule has 0 spiro atoms. The fourth-order valence-corrected chi connectivity index (χ4v) is 5.50. The number of nitrogens with zero attached hydrogens (tertiary/aromatic N) is 6. The zero-order valence-corrected chi connectivity index (χ0v) is 21.6. The lowest BCUT2D eigenvalue weighted by atomic mass is 9.97. The van der Waals surface area contributed by atoms with Crippen LogP contribution in [0.5, 0.6) is 5.75 Å². The van der Waals surface area contributed by atoms with E-state index in [0.29, 0.717) is 44.1 Å². The van der Waals surface area contributed by atoms with Crippen molar-refractivity contribution in [3.63, 3.8) is 0 Å². The second kappa shape index (κ2) is 9.83. The lowest BCUT2D eigenvalue weighted by Gasteiger charge is -2.37. The highest BCUT2D eigenvalue weighted by atomic mass is 16.5. The molecular formula is C27H35N7O3. The third-order valence-corrected chi connectivity index (χ3v) is 7.62. The number of aliphatic hydroxyl groups is 1. The van der Waals surface area contributed by atoms with Crippen molar-refractivity contribution >= 4 is 23.2 Å². The van der Waals surface area contributed by atoms with Crippen LogP contribution in [-0.2, 0) is 0 Å². The van der Waals surface area contributed by atoms with Gasteiger partial charge in [-0.2, -0.15) is 9.61 Å². The first kappa shape index (κ1) is 24.0. The number of ether oxygens (including phenoxy) is 1. The highest BCUT2D eigenvalue weighted by Gasteiger charge is 2.33. The number of piperidine rings is 1. The van der Waals surface area contributed by atoms with E-state index < -0.39 is 0 Å². The minimum absolute atomic E-state index is 0.0129. The van der Waals surface area contributed by atoms with Gasteiger partial charge in [-0.25, -0.2) is 4.98 Å². The van der Waals surface area contributed by atoms with E-state index in [0.717, 1.165) is 60.9 Å². The Morgan fingerprint density at radius 1 is 1.11 bits per heavy atom. The average molecular weight is 506 g/mol. The van der Waals surface area contributed by atoms with Gasteiger partial charge in [0.2, 0.25) is 0 Å². The summed E-state index contributed by atoms with van der Waals surface area (Å²) in [4.78, 5) is 25.1. The number of carbonyl (C=O) groups is 1. The normalized spacial score (nSPS) is 21.5. The molecule has 3 aliphatic rings. The molecule has 10 heteroatoms. The van der Waals surface area contributed by atoms with E-state index in [4.69, 9.17) is 14.8 Å². The molecule has 0 saturated carbocycles. The maximum Gasteiger partial charge on any atom is 0.258 e. The fraction of sp³-hybridized carbons (Fsp3) is 0.519. The van der Waals surface area contributed by atoms with Crippen LogP contribution >= 0.6 is 0 Å². The summed E-state index contributed by atoms with van der Waals surface area (Å²) in [5.41, 5.74) is 3.26. The largest absolute Gasteiger partial charge is 0.491 e. The molecule has 10 nitrogen and oxygen atoms in total. The first-order chi connectivity index (χ1) is 18.0. The molecule has 1 unspecified atom stereocenters. The van der Waals surface area contributed by atoms with Crippen molar-refractivity contribution in [3.05, 3.63) is 47.2 Å². The quantitative estimate of drug-likeness (QED) is 0.518. The van der Waals surface area contributed by atoms with Crippen molar-refractivity contribution in [1.82, 2.24) is 24.8 Å².